The Hall–Kier alpha value is -2.62. The van der Waals surface area contributed by atoms with Crippen LogP contribution in [0.4, 0.5) is 0 Å². The van der Waals surface area contributed by atoms with Gasteiger partial charge in [-0.15, -0.1) is 0 Å². The average Bonchev–Trinajstić information content (AvgIpc) is 2.91. The molecule has 0 saturated carbocycles. The molecule has 0 aliphatic heterocycles. The molecule has 0 bridgehead atoms. The Morgan fingerprint density at radius 2 is 1.87 bits per heavy atom. The molecule has 0 aliphatic carbocycles. The van der Waals surface area contributed by atoms with Crippen LogP contribution in [-0.4, -0.2) is 20.6 Å². The predicted molar refractivity (Wildman–Crippen MR) is 90.8 cm³/mol. The van der Waals surface area contributed by atoms with Crippen molar-refractivity contribution in [2.75, 3.05) is 0 Å². The number of benzene rings is 2. The molecule has 118 valence electrons. The summed E-state index contributed by atoms with van der Waals surface area (Å²) in [6.45, 7) is 2.69. The number of para-hydroxylation sites is 2. The monoisotopic (exact) mass is 308 g/mol. The number of aryl methyl sites for hydroxylation is 1. The number of hydrogen-bond acceptors (Lipinski definition) is 2. The summed E-state index contributed by atoms with van der Waals surface area (Å²) in [6, 6.07) is 15.2. The lowest BCUT2D eigenvalue weighted by Crippen LogP contribution is -2.10. The van der Waals surface area contributed by atoms with E-state index in [0.29, 0.717) is 12.1 Å². The van der Waals surface area contributed by atoms with Crippen LogP contribution in [0.5, 0.6) is 0 Å². The number of carboxylic acids is 1. The zero-order chi connectivity index (χ0) is 16.2. The summed E-state index contributed by atoms with van der Waals surface area (Å²) < 4.78 is 2.15. The maximum atomic E-state index is 11.4. The van der Waals surface area contributed by atoms with Crippen LogP contribution < -0.4 is 0 Å². The first-order valence-corrected chi connectivity index (χ1v) is 7.96. The highest BCUT2D eigenvalue weighted by molar-refractivity contribution is 5.89. The standard InChI is InChI=1S/C19H20N2O2/c1-2-3-12-18-20-16-10-6-7-11-17(16)21(18)13-14-8-4-5-9-15(14)19(22)23/h4-11H,2-3,12-13H2,1H3,(H,22,23). The summed E-state index contributed by atoms with van der Waals surface area (Å²) >= 11 is 0. The fourth-order valence-electron chi connectivity index (χ4n) is 2.86. The Morgan fingerprint density at radius 3 is 2.65 bits per heavy atom. The number of fused-ring (bicyclic) bond motifs is 1. The van der Waals surface area contributed by atoms with Crippen LogP contribution in [0, 0.1) is 0 Å². The van der Waals surface area contributed by atoms with Crippen molar-refractivity contribution in [2.24, 2.45) is 0 Å². The normalized spacial score (nSPS) is 11.0. The van der Waals surface area contributed by atoms with Crippen LogP contribution in [-0.2, 0) is 13.0 Å². The second-order valence-electron chi connectivity index (χ2n) is 5.67. The molecule has 0 spiro atoms. The van der Waals surface area contributed by atoms with Gasteiger partial charge in [0.25, 0.3) is 0 Å². The smallest absolute Gasteiger partial charge is 0.336 e. The molecule has 1 heterocycles. The Labute approximate surface area is 135 Å². The molecule has 4 nitrogen and oxygen atoms in total. The third-order valence-corrected chi connectivity index (χ3v) is 4.06. The molecular formula is C19H20N2O2. The molecule has 0 amide bonds. The van der Waals surface area contributed by atoms with Gasteiger partial charge in [0.05, 0.1) is 23.1 Å². The van der Waals surface area contributed by atoms with Crippen molar-refractivity contribution in [2.45, 2.75) is 32.7 Å². The van der Waals surface area contributed by atoms with Crippen molar-refractivity contribution in [3.05, 3.63) is 65.5 Å². The largest absolute Gasteiger partial charge is 0.478 e. The van der Waals surface area contributed by atoms with Gasteiger partial charge in [0, 0.05) is 6.42 Å². The highest BCUT2D eigenvalue weighted by Gasteiger charge is 2.14. The summed E-state index contributed by atoms with van der Waals surface area (Å²) in [4.78, 5) is 16.2. The Morgan fingerprint density at radius 1 is 1.13 bits per heavy atom. The summed E-state index contributed by atoms with van der Waals surface area (Å²) in [6.07, 6.45) is 3.08. The van der Waals surface area contributed by atoms with Gasteiger partial charge in [-0.2, -0.15) is 0 Å². The second-order valence-corrected chi connectivity index (χ2v) is 5.67. The van der Waals surface area contributed by atoms with E-state index < -0.39 is 5.97 Å². The molecule has 0 unspecified atom stereocenters. The van der Waals surface area contributed by atoms with Crippen molar-refractivity contribution in [3.8, 4) is 0 Å². The molecule has 0 saturated heterocycles. The molecule has 0 aliphatic rings. The van der Waals surface area contributed by atoms with Crippen molar-refractivity contribution >= 4 is 17.0 Å². The van der Waals surface area contributed by atoms with Crippen molar-refractivity contribution in [1.29, 1.82) is 0 Å². The minimum absolute atomic E-state index is 0.353. The zero-order valence-electron chi connectivity index (χ0n) is 13.2. The third kappa shape index (κ3) is 3.11. The van der Waals surface area contributed by atoms with E-state index in [-0.39, 0.29) is 0 Å². The van der Waals surface area contributed by atoms with Gasteiger partial charge in [-0.25, -0.2) is 9.78 Å². The van der Waals surface area contributed by atoms with E-state index in [1.54, 1.807) is 12.1 Å². The van der Waals surface area contributed by atoms with E-state index in [2.05, 4.69) is 11.5 Å². The fraction of sp³-hybridized carbons (Fsp3) is 0.263. The van der Waals surface area contributed by atoms with Crippen molar-refractivity contribution in [1.82, 2.24) is 9.55 Å². The van der Waals surface area contributed by atoms with Gasteiger partial charge in [-0.1, -0.05) is 43.7 Å². The quantitative estimate of drug-likeness (QED) is 0.745. The fourth-order valence-corrected chi connectivity index (χ4v) is 2.86. The number of nitrogens with zero attached hydrogens (tertiary/aromatic N) is 2. The molecule has 0 radical (unpaired) electrons. The Bertz CT molecular complexity index is 836. The molecule has 2 aromatic carbocycles. The first-order valence-electron chi connectivity index (χ1n) is 7.96. The molecule has 3 rings (SSSR count). The first-order chi connectivity index (χ1) is 11.2. The van der Waals surface area contributed by atoms with Gasteiger partial charge in [0.2, 0.25) is 0 Å². The molecule has 23 heavy (non-hydrogen) atoms. The number of aromatic carboxylic acids is 1. The maximum absolute atomic E-state index is 11.4. The van der Waals surface area contributed by atoms with Crippen molar-refractivity contribution in [3.63, 3.8) is 0 Å². The number of hydrogen-bond donors (Lipinski definition) is 1. The van der Waals surface area contributed by atoms with Gasteiger partial charge in [-0.3, -0.25) is 0 Å². The number of carboxylic acid groups (broad SMARTS) is 1. The maximum Gasteiger partial charge on any atom is 0.336 e. The summed E-state index contributed by atoms with van der Waals surface area (Å²) in [5.74, 6) is 0.133. The highest BCUT2D eigenvalue weighted by Crippen LogP contribution is 2.21. The number of aromatic nitrogens is 2. The van der Waals surface area contributed by atoms with Crippen LogP contribution in [0.15, 0.2) is 48.5 Å². The van der Waals surface area contributed by atoms with Gasteiger partial charge in [0.1, 0.15) is 5.82 Å². The van der Waals surface area contributed by atoms with E-state index in [4.69, 9.17) is 4.98 Å². The van der Waals surface area contributed by atoms with E-state index in [9.17, 15) is 9.90 Å². The lowest BCUT2D eigenvalue weighted by molar-refractivity contribution is 0.0695. The molecular weight excluding hydrogens is 288 g/mol. The van der Waals surface area contributed by atoms with E-state index in [0.717, 1.165) is 41.7 Å². The lowest BCUT2D eigenvalue weighted by atomic mass is 10.1. The number of imidazole rings is 1. The average molecular weight is 308 g/mol. The molecule has 0 atom stereocenters. The molecule has 0 fully saturated rings. The van der Waals surface area contributed by atoms with Crippen LogP contribution in [0.1, 0.15) is 41.5 Å². The highest BCUT2D eigenvalue weighted by atomic mass is 16.4. The SMILES string of the molecule is CCCCc1nc2ccccc2n1Cc1ccccc1C(=O)O. The Balaban J connectivity index is 2.06. The summed E-state index contributed by atoms with van der Waals surface area (Å²) in [5, 5.41) is 9.39. The van der Waals surface area contributed by atoms with Gasteiger partial charge < -0.3 is 9.67 Å². The van der Waals surface area contributed by atoms with Gasteiger partial charge in [-0.05, 0) is 30.2 Å². The molecule has 3 aromatic rings. The van der Waals surface area contributed by atoms with Crippen LogP contribution in [0.2, 0.25) is 0 Å². The zero-order valence-corrected chi connectivity index (χ0v) is 13.2. The van der Waals surface area contributed by atoms with Gasteiger partial charge >= 0.3 is 5.97 Å². The van der Waals surface area contributed by atoms with E-state index >= 15 is 0 Å². The molecule has 4 heteroatoms. The minimum atomic E-state index is -0.889. The van der Waals surface area contributed by atoms with Crippen LogP contribution in [0.25, 0.3) is 11.0 Å². The minimum Gasteiger partial charge on any atom is -0.478 e. The first kappa shape index (κ1) is 15.3. The number of rotatable bonds is 6. The lowest BCUT2D eigenvalue weighted by Gasteiger charge is -2.11. The van der Waals surface area contributed by atoms with E-state index in [1.807, 2.05) is 36.4 Å². The van der Waals surface area contributed by atoms with Crippen molar-refractivity contribution < 1.29 is 9.90 Å². The third-order valence-electron chi connectivity index (χ3n) is 4.06. The number of unbranched alkanes of at least 4 members (excludes halogenated alkanes) is 1. The number of carbonyl (C=O) groups is 1. The van der Waals surface area contributed by atoms with E-state index in [1.165, 1.54) is 0 Å². The van der Waals surface area contributed by atoms with Gasteiger partial charge in [0.15, 0.2) is 0 Å². The van der Waals surface area contributed by atoms with Crippen LogP contribution in [0.3, 0.4) is 0 Å². The molecule has 1 aromatic heterocycles. The summed E-state index contributed by atoms with van der Waals surface area (Å²) in [5.41, 5.74) is 3.18. The second kappa shape index (κ2) is 6.65. The summed E-state index contributed by atoms with van der Waals surface area (Å²) in [7, 11) is 0. The molecule has 1 N–H and O–H groups in total. The topological polar surface area (TPSA) is 55.1 Å². The van der Waals surface area contributed by atoms with Crippen LogP contribution >= 0.6 is 0 Å². The Kier molecular flexibility index (Phi) is 4.42. The predicted octanol–water partition coefficient (Wildman–Crippen LogP) is 4.13.